The zero-order valence-corrected chi connectivity index (χ0v) is 14.7. The van der Waals surface area contributed by atoms with Gasteiger partial charge in [0, 0.05) is 24.6 Å². The fourth-order valence-corrected chi connectivity index (χ4v) is 3.24. The average molecular weight is 329 g/mol. The number of terminal acetylenes is 1. The van der Waals surface area contributed by atoms with Gasteiger partial charge in [0.2, 0.25) is 0 Å². The molecule has 1 aromatic rings. The normalized spacial score (nSPS) is 14.6. The van der Waals surface area contributed by atoms with Crippen molar-refractivity contribution in [3.63, 3.8) is 0 Å². The second-order valence-corrected chi connectivity index (χ2v) is 6.38. The minimum atomic E-state index is 0. The van der Waals surface area contributed by atoms with Crippen LogP contribution in [0.2, 0.25) is 0 Å². The first kappa shape index (κ1) is 23.2. The maximum atomic E-state index is 5.94. The van der Waals surface area contributed by atoms with Crippen molar-refractivity contribution in [1.82, 2.24) is 4.90 Å². The van der Waals surface area contributed by atoms with E-state index in [1.165, 1.54) is 44.1 Å². The lowest BCUT2D eigenvalue weighted by Gasteiger charge is -2.26. The SMILES string of the molecule is C#CCC.CN(Cc1ccsc1N)C1CCCCCC1.O.O. The quantitative estimate of drug-likeness (QED) is 0.682. The van der Waals surface area contributed by atoms with E-state index in [-0.39, 0.29) is 11.0 Å². The molecule has 1 aliphatic rings. The molecule has 1 fully saturated rings. The third-order valence-corrected chi connectivity index (χ3v) is 4.64. The second-order valence-electron chi connectivity index (χ2n) is 5.43. The molecule has 0 radical (unpaired) electrons. The average Bonchev–Trinajstić information content (AvgIpc) is 2.73. The van der Waals surface area contributed by atoms with Crippen LogP contribution in [0.5, 0.6) is 0 Å². The third-order valence-electron chi connectivity index (χ3n) is 3.85. The summed E-state index contributed by atoms with van der Waals surface area (Å²) in [6.07, 6.45) is 14.0. The summed E-state index contributed by atoms with van der Waals surface area (Å²) < 4.78 is 0. The molecular weight excluding hydrogens is 296 g/mol. The molecule has 0 amide bonds. The van der Waals surface area contributed by atoms with Crippen molar-refractivity contribution in [2.75, 3.05) is 12.8 Å². The van der Waals surface area contributed by atoms with Gasteiger partial charge < -0.3 is 16.7 Å². The van der Waals surface area contributed by atoms with Crippen LogP contribution in [0, 0.1) is 12.3 Å². The molecule has 128 valence electrons. The maximum Gasteiger partial charge on any atom is 0.0902 e. The molecule has 0 spiro atoms. The molecule has 0 saturated heterocycles. The first-order valence-corrected chi connectivity index (χ1v) is 8.52. The highest BCUT2D eigenvalue weighted by Crippen LogP contribution is 2.25. The number of nitrogen functional groups attached to an aromatic ring is 1. The van der Waals surface area contributed by atoms with E-state index in [4.69, 9.17) is 12.2 Å². The van der Waals surface area contributed by atoms with Crippen LogP contribution in [0.1, 0.15) is 57.4 Å². The second kappa shape index (κ2) is 13.6. The Morgan fingerprint density at radius 2 is 1.82 bits per heavy atom. The summed E-state index contributed by atoms with van der Waals surface area (Å²) in [7, 11) is 2.24. The Balaban J connectivity index is 0. The monoisotopic (exact) mass is 328 g/mol. The van der Waals surface area contributed by atoms with Gasteiger partial charge in [0.15, 0.2) is 0 Å². The van der Waals surface area contributed by atoms with Gasteiger partial charge in [0.1, 0.15) is 0 Å². The molecule has 4 nitrogen and oxygen atoms in total. The molecule has 2 rings (SSSR count). The number of thiophene rings is 1. The number of hydrogen-bond donors (Lipinski definition) is 1. The Labute approximate surface area is 139 Å². The highest BCUT2D eigenvalue weighted by atomic mass is 32.1. The first-order chi connectivity index (χ1) is 9.69. The van der Waals surface area contributed by atoms with Crippen molar-refractivity contribution < 1.29 is 11.0 Å². The minimum absolute atomic E-state index is 0. The maximum absolute atomic E-state index is 5.94. The largest absolute Gasteiger partial charge is 0.412 e. The molecule has 0 aliphatic heterocycles. The third kappa shape index (κ3) is 8.40. The lowest BCUT2D eigenvalue weighted by molar-refractivity contribution is 0.213. The van der Waals surface area contributed by atoms with E-state index in [0.29, 0.717) is 0 Å². The number of rotatable bonds is 3. The predicted molar refractivity (Wildman–Crippen MR) is 98.0 cm³/mol. The first-order valence-electron chi connectivity index (χ1n) is 7.64. The summed E-state index contributed by atoms with van der Waals surface area (Å²) in [4.78, 5) is 2.49. The molecule has 0 unspecified atom stereocenters. The molecule has 1 aliphatic carbocycles. The van der Waals surface area contributed by atoms with E-state index in [1.807, 2.05) is 6.92 Å². The summed E-state index contributed by atoms with van der Waals surface area (Å²) in [5.74, 6) is 2.43. The lowest BCUT2D eigenvalue weighted by Crippen LogP contribution is -2.30. The van der Waals surface area contributed by atoms with Gasteiger partial charge in [-0.2, -0.15) is 0 Å². The van der Waals surface area contributed by atoms with Gasteiger partial charge in [0.25, 0.3) is 0 Å². The molecule has 6 N–H and O–H groups in total. The van der Waals surface area contributed by atoms with E-state index < -0.39 is 0 Å². The van der Waals surface area contributed by atoms with Crippen molar-refractivity contribution in [3.8, 4) is 12.3 Å². The Morgan fingerprint density at radius 3 is 2.23 bits per heavy atom. The van der Waals surface area contributed by atoms with Gasteiger partial charge in [-0.15, -0.1) is 23.7 Å². The van der Waals surface area contributed by atoms with Crippen LogP contribution in [0.25, 0.3) is 0 Å². The Bertz CT molecular complexity index is 407. The summed E-state index contributed by atoms with van der Waals surface area (Å²) in [5.41, 5.74) is 7.24. The van der Waals surface area contributed by atoms with Crippen LogP contribution in [0.4, 0.5) is 5.00 Å². The highest BCUT2D eigenvalue weighted by Gasteiger charge is 2.17. The number of hydrogen-bond acceptors (Lipinski definition) is 3. The van der Waals surface area contributed by atoms with Crippen LogP contribution in [0.3, 0.4) is 0 Å². The van der Waals surface area contributed by atoms with Crippen LogP contribution < -0.4 is 5.73 Å². The smallest absolute Gasteiger partial charge is 0.0902 e. The summed E-state index contributed by atoms with van der Waals surface area (Å²) in [6.45, 7) is 2.96. The molecule has 22 heavy (non-hydrogen) atoms. The Kier molecular flexibility index (Phi) is 14.3. The van der Waals surface area contributed by atoms with Gasteiger partial charge in [-0.3, -0.25) is 4.90 Å². The molecule has 5 heteroatoms. The topological polar surface area (TPSA) is 92.3 Å². The van der Waals surface area contributed by atoms with E-state index >= 15 is 0 Å². The van der Waals surface area contributed by atoms with E-state index in [9.17, 15) is 0 Å². The molecular formula is C17H32N2O2S. The van der Waals surface area contributed by atoms with Gasteiger partial charge in [-0.1, -0.05) is 32.6 Å². The van der Waals surface area contributed by atoms with Gasteiger partial charge in [0.05, 0.1) is 5.00 Å². The van der Waals surface area contributed by atoms with Crippen LogP contribution >= 0.6 is 11.3 Å². The van der Waals surface area contributed by atoms with Crippen molar-refractivity contribution in [1.29, 1.82) is 0 Å². The fraction of sp³-hybridized carbons (Fsp3) is 0.647. The highest BCUT2D eigenvalue weighted by molar-refractivity contribution is 7.14. The van der Waals surface area contributed by atoms with Crippen molar-refractivity contribution in [3.05, 3.63) is 17.0 Å². The molecule has 0 aromatic carbocycles. The number of nitrogens with two attached hydrogens (primary N) is 1. The van der Waals surface area contributed by atoms with Crippen LogP contribution in [0.15, 0.2) is 11.4 Å². The standard InChI is InChI=1S/C13H22N2S.C4H6.2H2O/c1-15(10-11-8-9-16-13(11)14)12-6-4-2-3-5-7-12;1-3-4-2;;/h8-9,12H,2-7,10,14H2,1H3;1H,4H2,2H3;2*1H2. The van der Waals surface area contributed by atoms with Crippen LogP contribution in [-0.2, 0) is 6.54 Å². The number of nitrogens with zero attached hydrogens (tertiary/aromatic N) is 1. The summed E-state index contributed by atoms with van der Waals surface area (Å²) >= 11 is 1.65. The summed E-state index contributed by atoms with van der Waals surface area (Å²) in [5, 5.41) is 3.08. The molecule has 1 aromatic heterocycles. The lowest BCUT2D eigenvalue weighted by atomic mass is 10.1. The zero-order valence-electron chi connectivity index (χ0n) is 13.9. The van der Waals surface area contributed by atoms with Crippen molar-refractivity contribution in [2.24, 2.45) is 0 Å². The molecule has 0 atom stereocenters. The fourth-order valence-electron chi connectivity index (χ4n) is 2.57. The van der Waals surface area contributed by atoms with Crippen molar-refractivity contribution in [2.45, 2.75) is 64.5 Å². The van der Waals surface area contributed by atoms with E-state index in [2.05, 4.69) is 29.3 Å². The molecule has 0 bridgehead atoms. The summed E-state index contributed by atoms with van der Waals surface area (Å²) in [6, 6.07) is 2.93. The van der Waals surface area contributed by atoms with E-state index in [1.54, 1.807) is 11.3 Å². The Morgan fingerprint density at radius 1 is 1.27 bits per heavy atom. The predicted octanol–water partition coefficient (Wildman–Crippen LogP) is 2.87. The molecule has 1 heterocycles. The van der Waals surface area contributed by atoms with E-state index in [0.717, 1.165) is 24.0 Å². The Hall–Kier alpha value is -1.06. The minimum Gasteiger partial charge on any atom is -0.412 e. The van der Waals surface area contributed by atoms with Gasteiger partial charge in [-0.05, 0) is 31.3 Å². The zero-order chi connectivity index (χ0) is 14.8. The van der Waals surface area contributed by atoms with Gasteiger partial charge in [-0.25, -0.2) is 0 Å². The number of anilines is 1. The van der Waals surface area contributed by atoms with Crippen LogP contribution in [-0.4, -0.2) is 28.9 Å². The van der Waals surface area contributed by atoms with Gasteiger partial charge >= 0.3 is 0 Å². The van der Waals surface area contributed by atoms with Crippen molar-refractivity contribution >= 4 is 16.3 Å². The molecule has 1 saturated carbocycles.